The van der Waals surface area contributed by atoms with E-state index in [4.69, 9.17) is 24.3 Å². The first-order valence-electron chi connectivity index (χ1n) is 14.0. The average molecular weight is 602 g/mol. The molecule has 0 spiro atoms. The molecule has 0 bridgehead atoms. The van der Waals surface area contributed by atoms with Crippen LogP contribution in [0.1, 0.15) is 59.1 Å². The number of benzene rings is 1. The first-order chi connectivity index (χ1) is 20.1. The number of anilines is 1. The van der Waals surface area contributed by atoms with Crippen molar-refractivity contribution in [3.8, 4) is 11.8 Å². The minimum atomic E-state index is -4.23. The molecular formula is C29H40N5O7P. The van der Waals surface area contributed by atoms with Crippen molar-refractivity contribution in [3.05, 3.63) is 65.7 Å². The number of nitrogens with zero attached hydrogens (tertiary/aromatic N) is 3. The van der Waals surface area contributed by atoms with Crippen molar-refractivity contribution in [2.45, 2.75) is 71.2 Å². The van der Waals surface area contributed by atoms with Gasteiger partial charge >= 0.3 is 19.4 Å². The molecule has 5 atom stereocenters. The highest BCUT2D eigenvalue weighted by molar-refractivity contribution is 7.52. The number of nitriles is 1. The molecule has 3 rings (SSSR count). The molecule has 1 aliphatic heterocycles. The van der Waals surface area contributed by atoms with Crippen molar-refractivity contribution < 1.29 is 27.9 Å². The zero-order valence-electron chi connectivity index (χ0n) is 24.3. The van der Waals surface area contributed by atoms with Crippen LogP contribution in [-0.4, -0.2) is 40.9 Å². The van der Waals surface area contributed by atoms with Gasteiger partial charge < -0.3 is 19.7 Å². The molecular weight excluding hydrogens is 561 g/mol. The van der Waals surface area contributed by atoms with Gasteiger partial charge in [-0.1, -0.05) is 51.0 Å². The van der Waals surface area contributed by atoms with Crippen molar-refractivity contribution in [2.75, 3.05) is 18.9 Å². The van der Waals surface area contributed by atoms with Crippen molar-refractivity contribution in [3.63, 3.8) is 0 Å². The Morgan fingerprint density at radius 3 is 2.62 bits per heavy atom. The van der Waals surface area contributed by atoms with Gasteiger partial charge in [-0.15, -0.1) is 6.58 Å². The second-order valence-electron chi connectivity index (χ2n) is 10.5. The predicted molar refractivity (Wildman–Crippen MR) is 157 cm³/mol. The number of carbonyl (C=O) groups excluding carboxylic acids is 1. The van der Waals surface area contributed by atoms with E-state index in [-0.39, 0.29) is 37.1 Å². The number of para-hydroxylation sites is 1. The maximum Gasteiger partial charge on any atom is 0.459 e. The van der Waals surface area contributed by atoms with Crippen LogP contribution in [0.4, 0.5) is 5.82 Å². The summed E-state index contributed by atoms with van der Waals surface area (Å²) in [7, 11) is -4.23. The fraction of sp³-hybridized carbons (Fsp3) is 0.517. The van der Waals surface area contributed by atoms with Crippen LogP contribution in [0.3, 0.4) is 0 Å². The predicted octanol–water partition coefficient (Wildman–Crippen LogP) is 4.75. The third-order valence-electron chi connectivity index (χ3n) is 6.92. The SMILES string of the molecule is C=C[C@H](NP(=O)(OC[C@@H]1C[C@@](C)(C#N)[C@H](n2ccc(N)nc2=O)O1)Oc1ccccc1)C(=O)OCC(CCC)CCC. The largest absolute Gasteiger partial charge is 0.464 e. The van der Waals surface area contributed by atoms with Gasteiger partial charge in [-0.3, -0.25) is 9.09 Å². The second kappa shape index (κ2) is 15.1. The summed E-state index contributed by atoms with van der Waals surface area (Å²) in [5.41, 5.74) is 3.80. The molecule has 13 heteroatoms. The number of nitrogens with one attached hydrogen (secondary N) is 1. The quantitative estimate of drug-likeness (QED) is 0.155. The maximum atomic E-state index is 14.0. The van der Waals surface area contributed by atoms with Crippen molar-refractivity contribution >= 4 is 19.5 Å². The van der Waals surface area contributed by atoms with Crippen LogP contribution in [-0.2, 0) is 23.4 Å². The number of ether oxygens (including phenoxy) is 2. The number of nitrogen functional groups attached to an aromatic ring is 1. The van der Waals surface area contributed by atoms with Gasteiger partial charge in [0.1, 0.15) is 23.0 Å². The maximum absolute atomic E-state index is 14.0. The molecule has 1 aliphatic rings. The number of aromatic nitrogens is 2. The summed E-state index contributed by atoms with van der Waals surface area (Å²) in [6, 6.07) is 10.8. The number of carbonyl (C=O) groups is 1. The van der Waals surface area contributed by atoms with Gasteiger partial charge in [-0.2, -0.15) is 15.3 Å². The molecule has 1 unspecified atom stereocenters. The number of nitrogens with two attached hydrogens (primary N) is 1. The third-order valence-corrected chi connectivity index (χ3v) is 8.45. The third kappa shape index (κ3) is 8.76. The normalized spacial score (nSPS) is 22.2. The summed E-state index contributed by atoms with van der Waals surface area (Å²) in [6.45, 7) is 9.45. The Hall–Kier alpha value is -3.49. The van der Waals surface area contributed by atoms with Crippen LogP contribution >= 0.6 is 7.75 Å². The van der Waals surface area contributed by atoms with Crippen LogP contribution in [0.2, 0.25) is 0 Å². The first kappa shape index (κ1) is 33.0. The van der Waals surface area contributed by atoms with Gasteiger partial charge in [0, 0.05) is 6.20 Å². The topological polar surface area (TPSA) is 168 Å². The Morgan fingerprint density at radius 1 is 1.33 bits per heavy atom. The van der Waals surface area contributed by atoms with E-state index in [9.17, 15) is 19.4 Å². The Bertz CT molecular complexity index is 1340. The standard InChI is InChI=1S/C29H40N5O7P/c1-5-11-21(12-6-2)18-38-26(35)24(7-3)33-42(37,41-22-13-9-8-10-14-22)39-19-23-17-29(4,20-30)27(40-23)34-16-15-25(31)32-28(34)36/h7-10,13-16,21,23-24,27H,3,5-6,11-12,17-19H2,1-2,4H3,(H,33,37)(H2,31,32,36)/t23-,24-,27+,29-,42?/m0/s1. The number of hydrogen-bond donors (Lipinski definition) is 2. The van der Waals surface area contributed by atoms with E-state index in [1.165, 1.54) is 22.9 Å². The molecule has 0 radical (unpaired) electrons. The molecule has 12 nitrogen and oxygen atoms in total. The lowest BCUT2D eigenvalue weighted by molar-refractivity contribution is -0.146. The first-order valence-corrected chi connectivity index (χ1v) is 15.6. The monoisotopic (exact) mass is 601 g/mol. The van der Waals surface area contributed by atoms with Gasteiger partial charge in [0.25, 0.3) is 0 Å². The lowest BCUT2D eigenvalue weighted by Gasteiger charge is -2.25. The van der Waals surface area contributed by atoms with E-state index >= 15 is 0 Å². The van der Waals surface area contributed by atoms with E-state index in [0.717, 1.165) is 25.7 Å². The van der Waals surface area contributed by atoms with Crippen LogP contribution in [0.5, 0.6) is 5.75 Å². The zero-order chi connectivity index (χ0) is 30.8. The fourth-order valence-electron chi connectivity index (χ4n) is 4.81. The minimum Gasteiger partial charge on any atom is -0.464 e. The van der Waals surface area contributed by atoms with E-state index in [1.54, 1.807) is 37.3 Å². The number of hydrogen-bond acceptors (Lipinski definition) is 10. The van der Waals surface area contributed by atoms with Crippen LogP contribution < -0.4 is 21.0 Å². The van der Waals surface area contributed by atoms with Crippen molar-refractivity contribution in [1.82, 2.24) is 14.6 Å². The van der Waals surface area contributed by atoms with Gasteiger partial charge in [-0.05, 0) is 50.3 Å². The molecule has 1 aromatic carbocycles. The molecule has 42 heavy (non-hydrogen) atoms. The summed E-state index contributed by atoms with van der Waals surface area (Å²) >= 11 is 0. The van der Waals surface area contributed by atoms with E-state index in [0.29, 0.717) is 0 Å². The molecule has 3 N–H and O–H groups in total. The molecule has 0 saturated carbocycles. The fourth-order valence-corrected chi connectivity index (χ4v) is 6.30. The summed E-state index contributed by atoms with van der Waals surface area (Å²) in [6.07, 6.45) is 4.88. The Labute approximate surface area is 246 Å². The highest BCUT2D eigenvalue weighted by Crippen LogP contribution is 2.48. The van der Waals surface area contributed by atoms with Crippen molar-refractivity contribution in [2.24, 2.45) is 11.3 Å². The van der Waals surface area contributed by atoms with Crippen LogP contribution in [0.25, 0.3) is 0 Å². The van der Waals surface area contributed by atoms with Crippen LogP contribution in [0.15, 0.2) is 60.0 Å². The molecule has 228 valence electrons. The minimum absolute atomic E-state index is 0.0411. The van der Waals surface area contributed by atoms with Crippen molar-refractivity contribution in [1.29, 1.82) is 5.26 Å². The van der Waals surface area contributed by atoms with E-state index < -0.39 is 43.2 Å². The zero-order valence-corrected chi connectivity index (χ0v) is 25.2. The van der Waals surface area contributed by atoms with E-state index in [2.05, 4.69) is 36.6 Å². The van der Waals surface area contributed by atoms with Gasteiger partial charge in [0.15, 0.2) is 6.23 Å². The highest BCUT2D eigenvalue weighted by Gasteiger charge is 2.48. The van der Waals surface area contributed by atoms with Gasteiger partial charge in [-0.25, -0.2) is 14.2 Å². The molecule has 0 aliphatic carbocycles. The summed E-state index contributed by atoms with van der Waals surface area (Å²) in [5, 5.41) is 12.6. The smallest absolute Gasteiger partial charge is 0.459 e. The lowest BCUT2D eigenvalue weighted by Crippen LogP contribution is -2.37. The molecule has 0 amide bonds. The molecule has 1 saturated heterocycles. The number of esters is 1. The summed E-state index contributed by atoms with van der Waals surface area (Å²) in [5.74, 6) is -0.155. The summed E-state index contributed by atoms with van der Waals surface area (Å²) in [4.78, 5) is 29.1. The van der Waals surface area contributed by atoms with Gasteiger partial charge in [0.2, 0.25) is 0 Å². The highest BCUT2D eigenvalue weighted by atomic mass is 31.2. The molecule has 2 heterocycles. The molecule has 1 aromatic heterocycles. The van der Waals surface area contributed by atoms with Gasteiger partial charge in [0.05, 0.1) is 25.4 Å². The lowest BCUT2D eigenvalue weighted by atomic mass is 9.87. The molecule has 2 aromatic rings. The Morgan fingerprint density at radius 2 is 2.02 bits per heavy atom. The average Bonchev–Trinajstić information content (AvgIpc) is 3.31. The molecule has 1 fully saturated rings. The number of rotatable bonds is 16. The Balaban J connectivity index is 1.76. The van der Waals surface area contributed by atoms with E-state index in [1.807, 2.05) is 0 Å². The Kier molecular flexibility index (Phi) is 11.9. The van der Waals surface area contributed by atoms with Crippen LogP contribution in [0, 0.1) is 22.7 Å². The summed E-state index contributed by atoms with van der Waals surface area (Å²) < 4.78 is 38.3. The second-order valence-corrected chi connectivity index (χ2v) is 12.2.